The van der Waals surface area contributed by atoms with E-state index in [4.69, 9.17) is 4.74 Å². The minimum atomic E-state index is 0.688. The van der Waals surface area contributed by atoms with Gasteiger partial charge in [-0.1, -0.05) is 42.5 Å². The molecule has 0 amide bonds. The Labute approximate surface area is 169 Å². The fraction of sp³-hybridized carbons (Fsp3) is 0.174. The fourth-order valence-corrected chi connectivity index (χ4v) is 3.45. The van der Waals surface area contributed by atoms with Gasteiger partial charge in [0.2, 0.25) is 0 Å². The van der Waals surface area contributed by atoms with Crippen LogP contribution in [0.2, 0.25) is 0 Å². The molecule has 2 heterocycles. The van der Waals surface area contributed by atoms with Crippen LogP contribution in [-0.4, -0.2) is 27.9 Å². The van der Waals surface area contributed by atoms with Gasteiger partial charge in [-0.3, -0.25) is 5.43 Å². The van der Waals surface area contributed by atoms with Gasteiger partial charge < -0.3 is 9.30 Å². The van der Waals surface area contributed by atoms with Crippen molar-refractivity contribution >= 4 is 23.1 Å². The van der Waals surface area contributed by atoms with E-state index in [1.165, 1.54) is 11.3 Å². The van der Waals surface area contributed by atoms with Crippen LogP contribution in [0.1, 0.15) is 22.4 Å². The van der Waals surface area contributed by atoms with Crippen molar-refractivity contribution in [2.45, 2.75) is 20.4 Å². The molecule has 0 aliphatic carbocycles. The van der Waals surface area contributed by atoms with Gasteiger partial charge >= 0.3 is 0 Å². The quantitative estimate of drug-likeness (QED) is 0.391. The molecule has 0 saturated carbocycles. The van der Waals surface area contributed by atoms with Gasteiger partial charge in [-0.2, -0.15) is 5.10 Å². The third kappa shape index (κ3) is 3.69. The average Bonchev–Trinajstić information content (AvgIpc) is 3.00. The minimum Gasteiger partial charge on any atom is -0.496 e. The first kappa shape index (κ1) is 18.7. The number of anilines is 1. The van der Waals surface area contributed by atoms with E-state index in [9.17, 15) is 0 Å². The number of ether oxygens (including phenoxy) is 1. The number of hydrazone groups is 1. The standard InChI is InChI=1S/C23H23N5O/c1-16-17(2)28(14-18-9-5-4-6-10-18)23-21(16)22(24-15-25-23)27-26-13-19-11-7-8-12-20(19)29-3/h4-13,15H,14H2,1-3H3,(H,24,25,27)/b26-13+. The zero-order valence-corrected chi connectivity index (χ0v) is 16.8. The van der Waals surface area contributed by atoms with Crippen molar-refractivity contribution in [3.05, 3.63) is 83.3 Å². The van der Waals surface area contributed by atoms with Crippen LogP contribution < -0.4 is 10.2 Å². The molecule has 0 radical (unpaired) electrons. The Kier molecular flexibility index (Phi) is 5.24. The zero-order valence-electron chi connectivity index (χ0n) is 16.8. The van der Waals surface area contributed by atoms with Gasteiger partial charge in [-0.25, -0.2) is 9.97 Å². The van der Waals surface area contributed by atoms with Crippen LogP contribution in [0.15, 0.2) is 66.0 Å². The normalized spacial score (nSPS) is 11.3. The minimum absolute atomic E-state index is 0.688. The molecular weight excluding hydrogens is 362 g/mol. The molecule has 0 aliphatic heterocycles. The van der Waals surface area contributed by atoms with E-state index in [1.807, 2.05) is 30.3 Å². The Morgan fingerprint density at radius 3 is 2.59 bits per heavy atom. The van der Waals surface area contributed by atoms with E-state index in [-0.39, 0.29) is 0 Å². The van der Waals surface area contributed by atoms with E-state index < -0.39 is 0 Å². The van der Waals surface area contributed by atoms with Crippen LogP contribution in [0.3, 0.4) is 0 Å². The number of para-hydroxylation sites is 1. The predicted molar refractivity (Wildman–Crippen MR) is 117 cm³/mol. The molecule has 1 N–H and O–H groups in total. The van der Waals surface area contributed by atoms with Gasteiger partial charge in [0, 0.05) is 17.8 Å². The maximum absolute atomic E-state index is 5.37. The number of aromatic nitrogens is 3. The van der Waals surface area contributed by atoms with Crippen LogP contribution in [0, 0.1) is 13.8 Å². The maximum atomic E-state index is 5.37. The molecule has 0 atom stereocenters. The highest BCUT2D eigenvalue weighted by Gasteiger charge is 2.16. The number of methoxy groups -OCH3 is 1. The average molecular weight is 385 g/mol. The highest BCUT2D eigenvalue weighted by atomic mass is 16.5. The lowest BCUT2D eigenvalue weighted by molar-refractivity contribution is 0.414. The molecule has 6 heteroatoms. The zero-order chi connectivity index (χ0) is 20.2. The van der Waals surface area contributed by atoms with Crippen molar-refractivity contribution in [1.82, 2.24) is 14.5 Å². The molecular formula is C23H23N5O. The Morgan fingerprint density at radius 2 is 1.79 bits per heavy atom. The number of nitrogens with one attached hydrogen (secondary N) is 1. The fourth-order valence-electron chi connectivity index (χ4n) is 3.45. The second kappa shape index (κ2) is 8.14. The molecule has 4 rings (SSSR count). The van der Waals surface area contributed by atoms with E-state index in [0.29, 0.717) is 5.82 Å². The number of benzene rings is 2. The van der Waals surface area contributed by atoms with E-state index in [1.54, 1.807) is 19.7 Å². The molecule has 0 aliphatic rings. The third-order valence-corrected chi connectivity index (χ3v) is 5.10. The third-order valence-electron chi connectivity index (χ3n) is 5.10. The summed E-state index contributed by atoms with van der Waals surface area (Å²) < 4.78 is 7.58. The number of hydrogen-bond donors (Lipinski definition) is 1. The second-order valence-electron chi connectivity index (χ2n) is 6.81. The Hall–Kier alpha value is -3.67. The highest BCUT2D eigenvalue weighted by molar-refractivity contribution is 5.92. The van der Waals surface area contributed by atoms with Gasteiger partial charge in [-0.15, -0.1) is 0 Å². The topological polar surface area (TPSA) is 64.3 Å². The SMILES string of the molecule is COc1ccccc1/C=N/Nc1ncnc2c1c(C)c(C)n2Cc1ccccc1. The van der Waals surface area contributed by atoms with Gasteiger partial charge in [0.15, 0.2) is 5.82 Å². The first-order valence-electron chi connectivity index (χ1n) is 9.45. The molecule has 29 heavy (non-hydrogen) atoms. The number of fused-ring (bicyclic) bond motifs is 1. The monoisotopic (exact) mass is 385 g/mol. The summed E-state index contributed by atoms with van der Waals surface area (Å²) in [6.45, 7) is 4.97. The summed E-state index contributed by atoms with van der Waals surface area (Å²) in [7, 11) is 1.65. The van der Waals surface area contributed by atoms with Crippen LogP contribution in [0.25, 0.3) is 11.0 Å². The molecule has 146 valence electrons. The van der Waals surface area contributed by atoms with Crippen molar-refractivity contribution in [3.8, 4) is 5.75 Å². The summed E-state index contributed by atoms with van der Waals surface area (Å²) in [5, 5.41) is 5.36. The smallest absolute Gasteiger partial charge is 0.159 e. The van der Waals surface area contributed by atoms with E-state index >= 15 is 0 Å². The molecule has 0 spiro atoms. The van der Waals surface area contributed by atoms with Crippen LogP contribution in [0.4, 0.5) is 5.82 Å². The molecule has 0 bridgehead atoms. The lowest BCUT2D eigenvalue weighted by atomic mass is 10.2. The number of rotatable bonds is 6. The molecule has 2 aromatic heterocycles. The van der Waals surface area contributed by atoms with Gasteiger partial charge in [0.05, 0.1) is 18.7 Å². The second-order valence-corrected chi connectivity index (χ2v) is 6.81. The van der Waals surface area contributed by atoms with Crippen LogP contribution >= 0.6 is 0 Å². The predicted octanol–water partition coefficient (Wildman–Crippen LogP) is 4.55. The lowest BCUT2D eigenvalue weighted by Gasteiger charge is -2.08. The highest BCUT2D eigenvalue weighted by Crippen LogP contribution is 2.29. The molecule has 2 aromatic carbocycles. The van der Waals surface area contributed by atoms with Gasteiger partial charge in [0.25, 0.3) is 0 Å². The number of aryl methyl sites for hydroxylation is 1. The molecule has 6 nitrogen and oxygen atoms in total. The van der Waals surface area contributed by atoms with Crippen molar-refractivity contribution in [2.75, 3.05) is 12.5 Å². The van der Waals surface area contributed by atoms with Gasteiger partial charge in [0.1, 0.15) is 17.7 Å². The van der Waals surface area contributed by atoms with E-state index in [2.05, 4.69) is 63.2 Å². The summed E-state index contributed by atoms with van der Waals surface area (Å²) >= 11 is 0. The van der Waals surface area contributed by atoms with Gasteiger partial charge in [-0.05, 0) is 37.1 Å². The maximum Gasteiger partial charge on any atom is 0.159 e. The van der Waals surface area contributed by atoms with E-state index in [0.717, 1.165) is 34.5 Å². The largest absolute Gasteiger partial charge is 0.496 e. The Bertz CT molecular complexity index is 1160. The van der Waals surface area contributed by atoms with Crippen LogP contribution in [-0.2, 0) is 6.54 Å². The first-order valence-corrected chi connectivity index (χ1v) is 9.45. The molecule has 0 saturated heterocycles. The summed E-state index contributed by atoms with van der Waals surface area (Å²) in [5.74, 6) is 1.46. The number of nitrogens with zero attached hydrogens (tertiary/aromatic N) is 4. The first-order chi connectivity index (χ1) is 14.2. The molecule has 0 unspecified atom stereocenters. The molecule has 4 aromatic rings. The Morgan fingerprint density at radius 1 is 1.03 bits per heavy atom. The summed E-state index contributed by atoms with van der Waals surface area (Å²) in [4.78, 5) is 8.98. The van der Waals surface area contributed by atoms with Crippen LogP contribution in [0.5, 0.6) is 5.75 Å². The summed E-state index contributed by atoms with van der Waals surface area (Å²) in [6.07, 6.45) is 3.31. The van der Waals surface area contributed by atoms with Crippen molar-refractivity contribution in [2.24, 2.45) is 5.10 Å². The summed E-state index contributed by atoms with van der Waals surface area (Å²) in [5.41, 5.74) is 8.41. The van der Waals surface area contributed by atoms with Crippen molar-refractivity contribution < 1.29 is 4.74 Å². The van der Waals surface area contributed by atoms with Crippen molar-refractivity contribution in [1.29, 1.82) is 0 Å². The summed E-state index contributed by atoms with van der Waals surface area (Å²) in [6, 6.07) is 18.1. The molecule has 0 fully saturated rings. The Balaban J connectivity index is 1.67. The van der Waals surface area contributed by atoms with Crippen molar-refractivity contribution in [3.63, 3.8) is 0 Å². The number of hydrogen-bond acceptors (Lipinski definition) is 5. The lowest BCUT2D eigenvalue weighted by Crippen LogP contribution is -2.03.